The van der Waals surface area contributed by atoms with Crippen LogP contribution in [0.3, 0.4) is 0 Å². The normalized spacial score (nSPS) is 21.7. The van der Waals surface area contributed by atoms with Crippen LogP contribution in [0.4, 0.5) is 0 Å². The summed E-state index contributed by atoms with van der Waals surface area (Å²) in [6, 6.07) is 13.4. The van der Waals surface area contributed by atoms with Crippen molar-refractivity contribution in [3.05, 3.63) is 77.6 Å². The average molecular weight is 640 g/mol. The number of benzene rings is 2. The maximum Gasteiger partial charge on any atom is 0.324 e. The summed E-state index contributed by atoms with van der Waals surface area (Å²) in [6.45, 7) is 16.0. The summed E-state index contributed by atoms with van der Waals surface area (Å²) in [5, 5.41) is 2.62. The lowest BCUT2D eigenvalue weighted by molar-refractivity contribution is -0.154. The van der Waals surface area contributed by atoms with E-state index in [2.05, 4.69) is 67.7 Å². The molecule has 9 heteroatoms. The molecule has 0 unspecified atom stereocenters. The van der Waals surface area contributed by atoms with E-state index in [1.807, 2.05) is 32.1 Å². The van der Waals surface area contributed by atoms with E-state index < -0.39 is 17.5 Å². The molecule has 1 aromatic heterocycles. The van der Waals surface area contributed by atoms with Crippen LogP contribution in [0.25, 0.3) is 27.6 Å². The summed E-state index contributed by atoms with van der Waals surface area (Å²) >= 11 is 0. The van der Waals surface area contributed by atoms with Crippen LogP contribution in [0.5, 0.6) is 0 Å². The number of esters is 1. The quantitative estimate of drug-likeness (QED) is 0.199. The van der Waals surface area contributed by atoms with Crippen LogP contribution in [-0.2, 0) is 38.4 Å². The zero-order chi connectivity index (χ0) is 33.9. The van der Waals surface area contributed by atoms with Crippen molar-refractivity contribution in [3.8, 4) is 11.1 Å². The molecule has 9 nitrogen and oxygen atoms in total. The molecule has 2 aliphatic rings. The number of fused-ring (bicyclic) bond motifs is 6. The van der Waals surface area contributed by atoms with Crippen LogP contribution >= 0.6 is 0 Å². The summed E-state index contributed by atoms with van der Waals surface area (Å²) in [7, 11) is 1.69. The van der Waals surface area contributed by atoms with Gasteiger partial charge in [0.1, 0.15) is 6.04 Å². The van der Waals surface area contributed by atoms with Crippen molar-refractivity contribution in [1.29, 1.82) is 0 Å². The van der Waals surface area contributed by atoms with Gasteiger partial charge in [-0.1, -0.05) is 56.8 Å². The van der Waals surface area contributed by atoms with Crippen molar-refractivity contribution < 1.29 is 19.1 Å². The Labute approximate surface area is 278 Å². The number of hydrogen-bond donors (Lipinski definition) is 2. The van der Waals surface area contributed by atoms with Gasteiger partial charge in [-0.2, -0.15) is 0 Å². The van der Waals surface area contributed by atoms with Gasteiger partial charge in [0.15, 0.2) is 0 Å². The number of carbonyl (C=O) groups is 2. The number of aliphatic imine (C=N–C) groups is 1. The number of hydrogen-bond acceptors (Lipinski definition) is 7. The molecule has 0 radical (unpaired) electrons. The molecule has 1 fully saturated rings. The van der Waals surface area contributed by atoms with Crippen molar-refractivity contribution in [1.82, 2.24) is 15.0 Å². The SMILES string of the molecule is C=C/C(=C(\N=CC)[C@H](C)OC)c1c2c3cc(ccc3n1CC)-c1cccc(c1)C[C@H](N)C(=O)N1CCC[C@H](N1)C(=O)OCC(C)(C)C2. The molecule has 6 bridgehead atoms. The number of hydrazine groups is 1. The smallest absolute Gasteiger partial charge is 0.324 e. The Kier molecular flexibility index (Phi) is 10.5. The minimum absolute atomic E-state index is 0.207. The van der Waals surface area contributed by atoms with Crippen molar-refractivity contribution in [2.75, 3.05) is 20.3 Å². The molecule has 3 aromatic rings. The van der Waals surface area contributed by atoms with E-state index in [0.29, 0.717) is 32.2 Å². The lowest BCUT2D eigenvalue weighted by Crippen LogP contribution is -2.59. The topological polar surface area (TPSA) is 111 Å². The lowest BCUT2D eigenvalue weighted by atomic mass is 9.84. The van der Waals surface area contributed by atoms with E-state index in [9.17, 15) is 9.59 Å². The van der Waals surface area contributed by atoms with Gasteiger partial charge in [-0.25, -0.2) is 5.43 Å². The minimum Gasteiger partial charge on any atom is -0.464 e. The first kappa shape index (κ1) is 34.3. The Hall–Kier alpha value is -4.05. The predicted molar refractivity (Wildman–Crippen MR) is 189 cm³/mol. The number of nitrogens with one attached hydrogen (secondary N) is 1. The number of methoxy groups -OCH3 is 1. The molecule has 47 heavy (non-hydrogen) atoms. The molecule has 0 saturated carbocycles. The highest BCUT2D eigenvalue weighted by Crippen LogP contribution is 2.40. The molecule has 3 atom stereocenters. The summed E-state index contributed by atoms with van der Waals surface area (Å²) in [4.78, 5) is 31.5. The number of rotatable bonds is 6. The largest absolute Gasteiger partial charge is 0.464 e. The van der Waals surface area contributed by atoms with Gasteiger partial charge in [0.05, 0.1) is 30.1 Å². The first-order valence-electron chi connectivity index (χ1n) is 16.6. The number of carbonyl (C=O) groups excluding carboxylic acids is 2. The molecule has 1 amide bonds. The van der Waals surface area contributed by atoms with E-state index in [0.717, 1.165) is 56.7 Å². The van der Waals surface area contributed by atoms with Crippen LogP contribution in [0.1, 0.15) is 64.3 Å². The number of aryl methyl sites for hydroxylation is 1. The van der Waals surface area contributed by atoms with Crippen LogP contribution in [0.15, 0.2) is 65.8 Å². The van der Waals surface area contributed by atoms with E-state index >= 15 is 0 Å². The number of amides is 1. The molecule has 5 rings (SSSR count). The zero-order valence-corrected chi connectivity index (χ0v) is 28.6. The van der Waals surface area contributed by atoms with Crippen LogP contribution < -0.4 is 11.2 Å². The molecular weight excluding hydrogens is 590 g/mol. The third kappa shape index (κ3) is 7.12. The van der Waals surface area contributed by atoms with Gasteiger partial charge in [0, 0.05) is 48.3 Å². The van der Waals surface area contributed by atoms with Crippen molar-refractivity contribution in [3.63, 3.8) is 0 Å². The lowest BCUT2D eigenvalue weighted by Gasteiger charge is -2.35. The van der Waals surface area contributed by atoms with Gasteiger partial charge >= 0.3 is 5.97 Å². The number of allylic oxidation sites excluding steroid dienone is 2. The minimum atomic E-state index is -0.751. The molecule has 3 heterocycles. The monoisotopic (exact) mass is 639 g/mol. The van der Waals surface area contributed by atoms with E-state index in [1.54, 1.807) is 13.3 Å². The maximum absolute atomic E-state index is 13.4. The Morgan fingerprint density at radius 3 is 2.70 bits per heavy atom. The number of nitrogens with two attached hydrogens (primary N) is 1. The van der Waals surface area contributed by atoms with Crippen molar-refractivity contribution >= 4 is 34.6 Å². The second kappa shape index (κ2) is 14.4. The van der Waals surface area contributed by atoms with Gasteiger partial charge in [-0.05, 0) is 80.8 Å². The zero-order valence-electron chi connectivity index (χ0n) is 28.6. The van der Waals surface area contributed by atoms with Gasteiger partial charge in [-0.15, -0.1) is 0 Å². The van der Waals surface area contributed by atoms with Crippen molar-refractivity contribution in [2.24, 2.45) is 16.1 Å². The second-order valence-corrected chi connectivity index (χ2v) is 13.3. The average Bonchev–Trinajstić information content (AvgIpc) is 3.37. The Balaban J connectivity index is 1.75. The molecule has 0 spiro atoms. The Morgan fingerprint density at radius 2 is 2.00 bits per heavy atom. The maximum atomic E-state index is 13.4. The van der Waals surface area contributed by atoms with Crippen LogP contribution in [0.2, 0.25) is 0 Å². The molecule has 2 aromatic carbocycles. The van der Waals surface area contributed by atoms with Crippen LogP contribution in [0, 0.1) is 5.41 Å². The molecule has 250 valence electrons. The van der Waals surface area contributed by atoms with Crippen LogP contribution in [-0.4, -0.2) is 66.1 Å². The van der Waals surface area contributed by atoms with Gasteiger partial charge in [-0.3, -0.25) is 19.6 Å². The molecule has 0 aliphatic carbocycles. The highest BCUT2D eigenvalue weighted by Gasteiger charge is 2.34. The standard InChI is InChI=1S/C38H49N5O4/c1-8-28(34(40-9-2)24(4)46-7)35-30-22-38(5,6)23-47-37(45)32-15-12-18-43(41-32)36(44)31(39)20-25-13-11-14-26(19-25)27-16-17-33(29(30)21-27)42(35)10-3/h8-9,11,13-14,16-17,19,21,24,31-32,41H,1,10,12,15,18,20,22-23,39H2,2-7H3/b34-28+,40-9?/t24-,31-,32-/m0/s1. The Morgan fingerprint density at radius 1 is 1.23 bits per heavy atom. The summed E-state index contributed by atoms with van der Waals surface area (Å²) in [6.07, 6.45) is 5.68. The van der Waals surface area contributed by atoms with Gasteiger partial charge in [0.25, 0.3) is 5.91 Å². The molecule has 1 saturated heterocycles. The highest BCUT2D eigenvalue weighted by molar-refractivity contribution is 5.95. The third-order valence-electron chi connectivity index (χ3n) is 9.26. The van der Waals surface area contributed by atoms with E-state index in [-0.39, 0.29) is 24.6 Å². The number of aromatic nitrogens is 1. The number of cyclic esters (lactones) is 1. The first-order valence-corrected chi connectivity index (χ1v) is 16.6. The summed E-state index contributed by atoms with van der Waals surface area (Å²) in [5.41, 5.74) is 17.2. The number of ether oxygens (including phenoxy) is 2. The molecular formula is C38H49N5O4. The molecule has 2 aliphatic heterocycles. The summed E-state index contributed by atoms with van der Waals surface area (Å²) in [5.74, 6) is -0.592. The second-order valence-electron chi connectivity index (χ2n) is 13.3. The van der Waals surface area contributed by atoms with Gasteiger partial charge < -0.3 is 19.8 Å². The van der Waals surface area contributed by atoms with Crippen molar-refractivity contribution in [2.45, 2.75) is 85.0 Å². The fourth-order valence-electron chi connectivity index (χ4n) is 6.82. The number of nitrogens with zero attached hydrogens (tertiary/aromatic N) is 3. The molecule has 3 N–H and O–H groups in total. The van der Waals surface area contributed by atoms with E-state index in [4.69, 9.17) is 20.2 Å². The fraction of sp³-hybridized carbons (Fsp3) is 0.447. The third-order valence-corrected chi connectivity index (χ3v) is 9.26. The fourth-order valence-corrected chi connectivity index (χ4v) is 6.82. The predicted octanol–water partition coefficient (Wildman–Crippen LogP) is 5.84. The summed E-state index contributed by atoms with van der Waals surface area (Å²) < 4.78 is 14.1. The van der Waals surface area contributed by atoms with E-state index in [1.165, 1.54) is 5.01 Å². The highest BCUT2D eigenvalue weighted by atomic mass is 16.5. The Bertz CT molecular complexity index is 1720. The van der Waals surface area contributed by atoms with Gasteiger partial charge in [0.2, 0.25) is 0 Å². The first-order chi connectivity index (χ1) is 22.5.